The summed E-state index contributed by atoms with van der Waals surface area (Å²) in [6.07, 6.45) is 52.4. The molecule has 3 N–H and O–H groups in total. The van der Waals surface area contributed by atoms with Gasteiger partial charge in [0.15, 0.2) is 0 Å². The SMILES string of the molecule is CCCCCCCCCC/C=C\CCCCCCCCCCCCOCC(COP(=O)(O)OCCN)OC(=O)CCCCCCCCCCCCCCCCCCC. The predicted octanol–water partition coefficient (Wildman–Crippen LogP) is 15.4. The summed E-state index contributed by atoms with van der Waals surface area (Å²) in [6, 6.07) is 0. The third kappa shape index (κ3) is 46.3. The zero-order chi connectivity index (χ0) is 42.3. The van der Waals surface area contributed by atoms with E-state index in [0.29, 0.717) is 13.0 Å². The first kappa shape index (κ1) is 57.2. The minimum Gasteiger partial charge on any atom is -0.457 e. The summed E-state index contributed by atoms with van der Waals surface area (Å²) in [4.78, 5) is 22.6. The number of allylic oxidation sites excluding steroid dienone is 2. The molecule has 0 spiro atoms. The zero-order valence-corrected chi connectivity index (χ0v) is 39.5. The van der Waals surface area contributed by atoms with E-state index in [2.05, 4.69) is 26.0 Å². The molecule has 0 aromatic carbocycles. The molecule has 58 heavy (non-hydrogen) atoms. The van der Waals surface area contributed by atoms with Crippen molar-refractivity contribution in [2.24, 2.45) is 5.73 Å². The minimum absolute atomic E-state index is 0.0919. The summed E-state index contributed by atoms with van der Waals surface area (Å²) >= 11 is 0. The third-order valence-corrected chi connectivity index (χ3v) is 12.2. The van der Waals surface area contributed by atoms with Crippen LogP contribution in [0.4, 0.5) is 0 Å². The Morgan fingerprint density at radius 1 is 0.500 bits per heavy atom. The number of phosphoric acid groups is 1. The van der Waals surface area contributed by atoms with Gasteiger partial charge in [-0.25, -0.2) is 4.57 Å². The number of unbranched alkanes of at least 4 members (excludes halogenated alkanes) is 34. The average Bonchev–Trinajstić information content (AvgIpc) is 3.21. The van der Waals surface area contributed by atoms with Gasteiger partial charge < -0.3 is 20.1 Å². The van der Waals surface area contributed by atoms with E-state index in [1.165, 1.54) is 205 Å². The summed E-state index contributed by atoms with van der Waals surface area (Å²) in [5.74, 6) is -0.324. The average molecular weight is 844 g/mol. The Bertz CT molecular complexity index is 904. The van der Waals surface area contributed by atoms with Crippen LogP contribution in [0.15, 0.2) is 12.2 Å². The maximum absolute atomic E-state index is 12.6. The molecular formula is C49H98NO7P. The van der Waals surface area contributed by atoms with Crippen molar-refractivity contribution in [3.8, 4) is 0 Å². The fraction of sp³-hybridized carbons (Fsp3) is 0.939. The lowest BCUT2D eigenvalue weighted by molar-refractivity contribution is -0.154. The van der Waals surface area contributed by atoms with E-state index in [0.717, 1.165) is 32.1 Å². The van der Waals surface area contributed by atoms with Crippen LogP contribution in [0.3, 0.4) is 0 Å². The fourth-order valence-electron chi connectivity index (χ4n) is 7.46. The predicted molar refractivity (Wildman–Crippen MR) is 247 cm³/mol. The minimum atomic E-state index is -4.28. The topological polar surface area (TPSA) is 117 Å². The molecule has 0 radical (unpaired) electrons. The Balaban J connectivity index is 3.90. The maximum Gasteiger partial charge on any atom is 0.472 e. The largest absolute Gasteiger partial charge is 0.472 e. The van der Waals surface area contributed by atoms with Crippen LogP contribution < -0.4 is 5.73 Å². The molecule has 0 saturated carbocycles. The molecule has 2 atom stereocenters. The van der Waals surface area contributed by atoms with Gasteiger partial charge in [0.2, 0.25) is 0 Å². The number of carbonyl (C=O) groups excluding carboxylic acids is 1. The van der Waals surface area contributed by atoms with E-state index in [9.17, 15) is 14.3 Å². The third-order valence-electron chi connectivity index (χ3n) is 11.2. The van der Waals surface area contributed by atoms with Crippen LogP contribution >= 0.6 is 7.82 Å². The number of hydrogen-bond acceptors (Lipinski definition) is 7. The smallest absolute Gasteiger partial charge is 0.457 e. The van der Waals surface area contributed by atoms with Crippen LogP contribution in [0, 0.1) is 0 Å². The van der Waals surface area contributed by atoms with Gasteiger partial charge in [-0.15, -0.1) is 0 Å². The molecular weight excluding hydrogens is 746 g/mol. The van der Waals surface area contributed by atoms with Gasteiger partial charge in [-0.05, 0) is 38.5 Å². The quantitative estimate of drug-likeness (QED) is 0.0269. The van der Waals surface area contributed by atoms with Crippen LogP contribution in [0.25, 0.3) is 0 Å². The van der Waals surface area contributed by atoms with Crippen LogP contribution in [-0.2, 0) is 27.9 Å². The number of ether oxygens (including phenoxy) is 2. The molecule has 0 aromatic heterocycles. The lowest BCUT2D eigenvalue weighted by atomic mass is 10.0. The molecule has 0 aromatic rings. The Morgan fingerprint density at radius 2 is 0.862 bits per heavy atom. The van der Waals surface area contributed by atoms with Crippen molar-refractivity contribution in [3.05, 3.63) is 12.2 Å². The highest BCUT2D eigenvalue weighted by Crippen LogP contribution is 2.43. The standard InChI is InChI=1S/C49H98NO7P/c1-3-5-7-9-11-13-15-17-19-21-22-23-24-25-27-29-31-33-35-37-39-41-44-54-46-48(47-56-58(52,53)55-45-43-50)57-49(51)42-40-38-36-34-32-30-28-26-20-18-16-14-12-10-8-6-4-2/h21-22,48H,3-20,23-47,50H2,1-2H3,(H,52,53)/b22-21-. The van der Waals surface area contributed by atoms with Crippen molar-refractivity contribution in [1.29, 1.82) is 0 Å². The Labute approximate surface area is 360 Å². The Kier molecular flexibility index (Phi) is 46.7. The van der Waals surface area contributed by atoms with Gasteiger partial charge in [-0.3, -0.25) is 13.8 Å². The lowest BCUT2D eigenvalue weighted by Crippen LogP contribution is -2.28. The van der Waals surface area contributed by atoms with Crippen LogP contribution in [0.5, 0.6) is 0 Å². The van der Waals surface area contributed by atoms with Gasteiger partial charge in [0.25, 0.3) is 0 Å². The number of esters is 1. The molecule has 0 aliphatic carbocycles. The van der Waals surface area contributed by atoms with Crippen molar-refractivity contribution in [2.45, 2.75) is 264 Å². The zero-order valence-electron chi connectivity index (χ0n) is 38.6. The Hall–Kier alpha value is -0.760. The van der Waals surface area contributed by atoms with Crippen molar-refractivity contribution >= 4 is 13.8 Å². The summed E-state index contributed by atoms with van der Waals surface area (Å²) in [7, 11) is -4.28. The van der Waals surface area contributed by atoms with Crippen molar-refractivity contribution in [2.75, 3.05) is 33.0 Å². The first-order valence-corrected chi connectivity index (χ1v) is 26.7. The summed E-state index contributed by atoms with van der Waals surface area (Å²) in [5.41, 5.74) is 5.39. The molecule has 2 unspecified atom stereocenters. The molecule has 0 saturated heterocycles. The molecule has 0 aliphatic rings. The highest BCUT2D eigenvalue weighted by Gasteiger charge is 2.25. The second-order valence-corrected chi connectivity index (χ2v) is 18.5. The number of nitrogens with two attached hydrogens (primary N) is 1. The summed E-state index contributed by atoms with van der Waals surface area (Å²) in [6.45, 7) is 4.98. The summed E-state index contributed by atoms with van der Waals surface area (Å²) < 4.78 is 33.6. The number of hydrogen-bond donors (Lipinski definition) is 2. The highest BCUT2D eigenvalue weighted by atomic mass is 31.2. The molecule has 0 bridgehead atoms. The van der Waals surface area contributed by atoms with Gasteiger partial charge >= 0.3 is 13.8 Å². The van der Waals surface area contributed by atoms with Gasteiger partial charge in [0, 0.05) is 19.6 Å². The van der Waals surface area contributed by atoms with E-state index >= 15 is 0 Å². The second-order valence-electron chi connectivity index (χ2n) is 17.0. The first-order valence-electron chi connectivity index (χ1n) is 25.2. The molecule has 0 fully saturated rings. The second kappa shape index (κ2) is 47.3. The van der Waals surface area contributed by atoms with Gasteiger partial charge in [0.1, 0.15) is 6.10 Å². The fourth-order valence-corrected chi connectivity index (χ4v) is 8.23. The first-order chi connectivity index (χ1) is 28.4. The van der Waals surface area contributed by atoms with Gasteiger partial charge in [0.05, 0.1) is 19.8 Å². The molecule has 9 heteroatoms. The summed E-state index contributed by atoms with van der Waals surface area (Å²) in [5, 5.41) is 0. The van der Waals surface area contributed by atoms with Crippen LogP contribution in [0.1, 0.15) is 258 Å². The van der Waals surface area contributed by atoms with Crippen molar-refractivity contribution in [3.63, 3.8) is 0 Å². The molecule has 0 rings (SSSR count). The van der Waals surface area contributed by atoms with Crippen LogP contribution in [0.2, 0.25) is 0 Å². The van der Waals surface area contributed by atoms with E-state index in [4.69, 9.17) is 24.3 Å². The van der Waals surface area contributed by atoms with E-state index < -0.39 is 13.9 Å². The van der Waals surface area contributed by atoms with E-state index in [1.54, 1.807) is 0 Å². The van der Waals surface area contributed by atoms with Gasteiger partial charge in [-0.1, -0.05) is 225 Å². The van der Waals surface area contributed by atoms with Gasteiger partial charge in [-0.2, -0.15) is 0 Å². The number of carbonyl (C=O) groups is 1. The maximum atomic E-state index is 12.6. The lowest BCUT2D eigenvalue weighted by Gasteiger charge is -2.20. The van der Waals surface area contributed by atoms with E-state index in [1.807, 2.05) is 0 Å². The van der Waals surface area contributed by atoms with Crippen LogP contribution in [-0.4, -0.2) is 49.9 Å². The monoisotopic (exact) mass is 844 g/mol. The Morgan fingerprint density at radius 3 is 1.26 bits per heavy atom. The highest BCUT2D eigenvalue weighted by molar-refractivity contribution is 7.47. The molecule has 0 heterocycles. The van der Waals surface area contributed by atoms with Crippen molar-refractivity contribution in [1.82, 2.24) is 0 Å². The normalized spacial score (nSPS) is 13.4. The van der Waals surface area contributed by atoms with Crippen molar-refractivity contribution < 1.29 is 32.8 Å². The van der Waals surface area contributed by atoms with E-state index in [-0.39, 0.29) is 32.3 Å². The molecule has 346 valence electrons. The number of phosphoric ester groups is 1. The molecule has 0 aliphatic heterocycles. The molecule has 0 amide bonds. The number of rotatable bonds is 49. The molecule has 8 nitrogen and oxygen atoms in total.